The molecule has 3 heterocycles. The molecule has 25 heavy (non-hydrogen) atoms. The van der Waals surface area contributed by atoms with E-state index in [0.29, 0.717) is 13.2 Å². The van der Waals surface area contributed by atoms with Crippen molar-refractivity contribution >= 4 is 28.4 Å². The van der Waals surface area contributed by atoms with Crippen LogP contribution in [0.5, 0.6) is 5.88 Å². The molecule has 0 saturated carbocycles. The van der Waals surface area contributed by atoms with Gasteiger partial charge >= 0.3 is 0 Å². The Morgan fingerprint density at radius 1 is 1.32 bits per heavy atom. The number of nitrogens with zero attached hydrogens (tertiary/aromatic N) is 6. The summed E-state index contributed by atoms with van der Waals surface area (Å²) in [4.78, 5) is 22.5. The van der Waals surface area contributed by atoms with Crippen molar-refractivity contribution in [3.05, 3.63) is 30.1 Å². The molecule has 1 aromatic carbocycles. The largest absolute Gasteiger partial charge is 0.475 e. The van der Waals surface area contributed by atoms with Gasteiger partial charge in [0.05, 0.1) is 12.1 Å². The number of carbonyl (C=O) groups is 1. The zero-order valence-corrected chi connectivity index (χ0v) is 13.7. The Morgan fingerprint density at radius 3 is 3.04 bits per heavy atom. The zero-order chi connectivity index (χ0) is 17.4. The van der Waals surface area contributed by atoms with E-state index in [1.807, 2.05) is 22.9 Å². The van der Waals surface area contributed by atoms with Gasteiger partial charge in [0.25, 0.3) is 5.91 Å². The molecule has 1 aliphatic rings. The van der Waals surface area contributed by atoms with E-state index >= 15 is 0 Å². The molecular formula is C16H17N7O2. The van der Waals surface area contributed by atoms with Crippen LogP contribution in [-0.2, 0) is 6.54 Å². The van der Waals surface area contributed by atoms with Gasteiger partial charge < -0.3 is 15.4 Å². The second kappa shape index (κ2) is 6.00. The van der Waals surface area contributed by atoms with Gasteiger partial charge in [0.1, 0.15) is 29.8 Å². The van der Waals surface area contributed by atoms with E-state index in [0.717, 1.165) is 29.7 Å². The standard InChI is InChI=1S/C16H17N7O2/c1-2-5-23-12-8-10(3-4-11(12)20-21-23)22-6-7-25-15-13(16(22)24)14(17)18-9-19-15/h3-4,8-9H,2,5-7H2,1H3,(H2,17,18,19). The molecule has 0 atom stereocenters. The normalized spacial score (nSPS) is 14.3. The Labute approximate surface area is 143 Å². The van der Waals surface area contributed by atoms with Gasteiger partial charge in [-0.25, -0.2) is 14.6 Å². The molecule has 4 rings (SSSR count). The number of aryl methyl sites for hydroxylation is 1. The van der Waals surface area contributed by atoms with Crippen molar-refractivity contribution < 1.29 is 9.53 Å². The van der Waals surface area contributed by atoms with Crippen molar-refractivity contribution in [1.29, 1.82) is 0 Å². The number of nitrogen functional groups attached to an aromatic ring is 1. The number of benzene rings is 1. The van der Waals surface area contributed by atoms with Crippen LogP contribution in [0.15, 0.2) is 24.5 Å². The number of anilines is 2. The van der Waals surface area contributed by atoms with Crippen LogP contribution in [0.1, 0.15) is 23.7 Å². The first-order chi connectivity index (χ1) is 12.2. The van der Waals surface area contributed by atoms with Gasteiger partial charge in [0, 0.05) is 12.2 Å². The second-order valence-electron chi connectivity index (χ2n) is 5.73. The molecule has 0 aliphatic carbocycles. The minimum atomic E-state index is -0.278. The number of carbonyl (C=O) groups excluding carboxylic acids is 1. The highest BCUT2D eigenvalue weighted by atomic mass is 16.5. The first kappa shape index (κ1) is 15.3. The highest BCUT2D eigenvalue weighted by Crippen LogP contribution is 2.28. The van der Waals surface area contributed by atoms with Gasteiger partial charge in [-0.1, -0.05) is 12.1 Å². The fraction of sp³-hybridized carbons (Fsp3) is 0.312. The average Bonchev–Trinajstić information content (AvgIpc) is 2.92. The molecular weight excluding hydrogens is 322 g/mol. The first-order valence-electron chi connectivity index (χ1n) is 8.07. The van der Waals surface area contributed by atoms with Gasteiger partial charge in [0.2, 0.25) is 5.88 Å². The van der Waals surface area contributed by atoms with Gasteiger partial charge in [-0.3, -0.25) is 4.79 Å². The molecule has 2 N–H and O–H groups in total. The Kier molecular flexibility index (Phi) is 3.68. The molecule has 0 unspecified atom stereocenters. The molecule has 128 valence electrons. The first-order valence-corrected chi connectivity index (χ1v) is 8.07. The number of amides is 1. The van der Waals surface area contributed by atoms with Gasteiger partial charge in [-0.05, 0) is 24.6 Å². The smallest absolute Gasteiger partial charge is 0.267 e. The maximum atomic E-state index is 13.0. The third kappa shape index (κ3) is 2.53. The highest BCUT2D eigenvalue weighted by molar-refractivity contribution is 6.11. The Hall–Kier alpha value is -3.23. The van der Waals surface area contributed by atoms with E-state index in [2.05, 4.69) is 27.2 Å². The monoisotopic (exact) mass is 339 g/mol. The van der Waals surface area contributed by atoms with Crippen LogP contribution in [0.25, 0.3) is 11.0 Å². The van der Waals surface area contributed by atoms with Gasteiger partial charge in [0.15, 0.2) is 0 Å². The van der Waals surface area contributed by atoms with E-state index in [-0.39, 0.29) is 23.2 Å². The van der Waals surface area contributed by atoms with Crippen molar-refractivity contribution in [2.45, 2.75) is 19.9 Å². The predicted molar refractivity (Wildman–Crippen MR) is 91.4 cm³/mol. The van der Waals surface area contributed by atoms with Crippen LogP contribution in [0, 0.1) is 0 Å². The molecule has 3 aromatic rings. The summed E-state index contributed by atoms with van der Waals surface area (Å²) in [5.41, 5.74) is 8.48. The second-order valence-corrected chi connectivity index (χ2v) is 5.73. The Morgan fingerprint density at radius 2 is 2.20 bits per heavy atom. The fourth-order valence-electron chi connectivity index (χ4n) is 2.91. The molecule has 9 nitrogen and oxygen atoms in total. The van der Waals surface area contributed by atoms with Crippen LogP contribution < -0.4 is 15.4 Å². The molecule has 0 spiro atoms. The summed E-state index contributed by atoms with van der Waals surface area (Å²) in [5, 5.41) is 8.31. The number of nitrogens with two attached hydrogens (primary N) is 1. The molecule has 0 bridgehead atoms. The summed E-state index contributed by atoms with van der Waals surface area (Å²) in [6.07, 6.45) is 2.23. The molecule has 1 amide bonds. The fourth-order valence-corrected chi connectivity index (χ4v) is 2.91. The Balaban J connectivity index is 1.78. The van der Waals surface area contributed by atoms with Crippen LogP contribution in [0.2, 0.25) is 0 Å². The minimum Gasteiger partial charge on any atom is -0.475 e. The number of rotatable bonds is 3. The summed E-state index contributed by atoms with van der Waals surface area (Å²) in [7, 11) is 0. The van der Waals surface area contributed by atoms with Gasteiger partial charge in [-0.15, -0.1) is 5.10 Å². The maximum Gasteiger partial charge on any atom is 0.267 e. The summed E-state index contributed by atoms with van der Waals surface area (Å²) in [5.74, 6) is 0.0545. The maximum absolute atomic E-state index is 13.0. The number of hydrogen-bond donors (Lipinski definition) is 1. The molecule has 2 aromatic heterocycles. The lowest BCUT2D eigenvalue weighted by Gasteiger charge is -2.20. The summed E-state index contributed by atoms with van der Waals surface area (Å²) < 4.78 is 7.40. The van der Waals surface area contributed by atoms with Crippen LogP contribution >= 0.6 is 0 Å². The number of ether oxygens (including phenoxy) is 1. The van der Waals surface area contributed by atoms with Crippen LogP contribution in [0.4, 0.5) is 11.5 Å². The minimum absolute atomic E-state index is 0.112. The number of fused-ring (bicyclic) bond motifs is 2. The summed E-state index contributed by atoms with van der Waals surface area (Å²) >= 11 is 0. The van der Waals surface area contributed by atoms with Crippen molar-refractivity contribution in [2.75, 3.05) is 23.8 Å². The average molecular weight is 339 g/mol. The number of aromatic nitrogens is 5. The Bertz CT molecular complexity index is 953. The lowest BCUT2D eigenvalue weighted by molar-refractivity contribution is 0.0990. The van der Waals surface area contributed by atoms with E-state index in [9.17, 15) is 4.79 Å². The molecule has 9 heteroatoms. The van der Waals surface area contributed by atoms with Crippen LogP contribution in [0.3, 0.4) is 0 Å². The SMILES string of the molecule is CCCn1nnc2ccc(N3CCOc4ncnc(N)c4C3=O)cc21. The van der Waals surface area contributed by atoms with Crippen molar-refractivity contribution in [2.24, 2.45) is 0 Å². The molecule has 0 radical (unpaired) electrons. The molecule has 0 saturated heterocycles. The predicted octanol–water partition coefficient (Wildman–Crippen LogP) is 1.25. The van der Waals surface area contributed by atoms with E-state index in [4.69, 9.17) is 10.5 Å². The van der Waals surface area contributed by atoms with E-state index < -0.39 is 0 Å². The molecule has 0 fully saturated rings. The van der Waals surface area contributed by atoms with Gasteiger partial charge in [-0.2, -0.15) is 0 Å². The lowest BCUT2D eigenvalue weighted by Crippen LogP contribution is -2.32. The van der Waals surface area contributed by atoms with Crippen molar-refractivity contribution in [3.63, 3.8) is 0 Å². The third-order valence-corrected chi connectivity index (χ3v) is 4.10. The third-order valence-electron chi connectivity index (χ3n) is 4.10. The quantitative estimate of drug-likeness (QED) is 0.764. The summed E-state index contributed by atoms with van der Waals surface area (Å²) in [6.45, 7) is 3.54. The number of hydrogen-bond acceptors (Lipinski definition) is 7. The zero-order valence-electron chi connectivity index (χ0n) is 13.7. The van der Waals surface area contributed by atoms with Crippen LogP contribution in [-0.4, -0.2) is 44.0 Å². The summed E-state index contributed by atoms with van der Waals surface area (Å²) in [6, 6.07) is 5.61. The van der Waals surface area contributed by atoms with E-state index in [1.54, 1.807) is 4.90 Å². The molecule has 1 aliphatic heterocycles. The topological polar surface area (TPSA) is 112 Å². The van der Waals surface area contributed by atoms with Crippen molar-refractivity contribution in [3.8, 4) is 5.88 Å². The lowest BCUT2D eigenvalue weighted by atomic mass is 10.2. The van der Waals surface area contributed by atoms with Crippen molar-refractivity contribution in [1.82, 2.24) is 25.0 Å². The van der Waals surface area contributed by atoms with E-state index in [1.165, 1.54) is 6.33 Å². The highest BCUT2D eigenvalue weighted by Gasteiger charge is 2.29.